The van der Waals surface area contributed by atoms with Gasteiger partial charge in [-0.1, -0.05) is 43.5 Å². The summed E-state index contributed by atoms with van der Waals surface area (Å²) < 4.78 is 6.44. The van der Waals surface area contributed by atoms with Crippen LogP contribution in [0, 0.1) is 0 Å². The van der Waals surface area contributed by atoms with Gasteiger partial charge in [-0.05, 0) is 24.6 Å². The van der Waals surface area contributed by atoms with Crippen LogP contribution >= 0.6 is 43.5 Å². The van der Waals surface area contributed by atoms with Crippen LogP contribution in [-0.4, -0.2) is 11.9 Å². The highest BCUT2D eigenvalue weighted by atomic mass is 79.9. The van der Waals surface area contributed by atoms with E-state index in [1.54, 1.807) is 0 Å². The molecule has 0 heterocycles. The van der Waals surface area contributed by atoms with E-state index < -0.39 is 0 Å². The molecule has 0 unspecified atom stereocenters. The molecule has 72 valence electrons. The van der Waals surface area contributed by atoms with Gasteiger partial charge in [0.2, 0.25) is 0 Å². The predicted molar refractivity (Wildman–Crippen MR) is 63.1 cm³/mol. The molecule has 0 radical (unpaired) electrons. The van der Waals surface area contributed by atoms with Gasteiger partial charge in [0.25, 0.3) is 0 Å². The summed E-state index contributed by atoms with van der Waals surface area (Å²) in [7, 11) is 0. The van der Waals surface area contributed by atoms with Crippen LogP contribution in [0.2, 0.25) is 5.02 Å². The Labute approximate surface area is 99.7 Å². The molecule has 0 bridgehead atoms. The normalized spacial score (nSPS) is 10.1. The third kappa shape index (κ3) is 3.88. The molecule has 1 aromatic rings. The van der Waals surface area contributed by atoms with Gasteiger partial charge in [-0.25, -0.2) is 0 Å². The Hall–Kier alpha value is 0.270. The molecule has 0 N–H and O–H groups in total. The van der Waals surface area contributed by atoms with Crippen LogP contribution in [0.3, 0.4) is 0 Å². The van der Waals surface area contributed by atoms with Crippen LogP contribution in [0.1, 0.15) is 6.42 Å². The summed E-state index contributed by atoms with van der Waals surface area (Å²) in [6.45, 7) is 0.682. The van der Waals surface area contributed by atoms with Crippen LogP contribution in [0.15, 0.2) is 22.7 Å². The van der Waals surface area contributed by atoms with Crippen molar-refractivity contribution in [2.24, 2.45) is 0 Å². The third-order valence-electron chi connectivity index (χ3n) is 1.43. The molecular weight excluding hydrogens is 319 g/mol. The van der Waals surface area contributed by atoms with Crippen molar-refractivity contribution in [3.05, 3.63) is 27.7 Å². The Kier molecular flexibility index (Phi) is 5.14. The minimum atomic E-state index is 0.651. The number of alkyl halides is 1. The summed E-state index contributed by atoms with van der Waals surface area (Å²) in [5, 5.41) is 1.59. The molecule has 0 amide bonds. The number of rotatable bonds is 4. The number of ether oxygens (including phenoxy) is 1. The largest absolute Gasteiger partial charge is 0.492 e. The number of halogens is 3. The van der Waals surface area contributed by atoms with Crippen molar-refractivity contribution in [3.63, 3.8) is 0 Å². The lowest BCUT2D eigenvalue weighted by molar-refractivity contribution is 0.319. The van der Waals surface area contributed by atoms with Crippen molar-refractivity contribution in [3.8, 4) is 5.75 Å². The standard InChI is InChI=1S/C9H9Br2ClO/c10-4-1-5-13-9-6-7(11)2-3-8(9)12/h2-3,6H,1,4-5H2. The van der Waals surface area contributed by atoms with E-state index in [2.05, 4.69) is 31.9 Å². The number of hydrogen-bond donors (Lipinski definition) is 0. The first-order valence-corrected chi connectivity index (χ1v) is 6.17. The molecule has 0 atom stereocenters. The first-order valence-electron chi connectivity index (χ1n) is 3.88. The Morgan fingerprint density at radius 2 is 2.15 bits per heavy atom. The highest BCUT2D eigenvalue weighted by Gasteiger charge is 2.01. The maximum absolute atomic E-state index is 5.92. The average molecular weight is 328 g/mol. The lowest BCUT2D eigenvalue weighted by Crippen LogP contribution is -1.97. The highest BCUT2D eigenvalue weighted by Crippen LogP contribution is 2.27. The SMILES string of the molecule is Clc1ccc(Br)cc1OCCCBr. The van der Waals surface area contributed by atoms with Crippen molar-refractivity contribution in [1.82, 2.24) is 0 Å². The third-order valence-corrected chi connectivity index (χ3v) is 2.80. The molecule has 0 aliphatic carbocycles. The molecule has 1 nitrogen and oxygen atoms in total. The van der Waals surface area contributed by atoms with Crippen molar-refractivity contribution in [2.45, 2.75) is 6.42 Å². The molecule has 13 heavy (non-hydrogen) atoms. The average Bonchev–Trinajstić information content (AvgIpc) is 2.11. The van der Waals surface area contributed by atoms with E-state index in [0.717, 1.165) is 22.0 Å². The molecule has 1 aromatic carbocycles. The van der Waals surface area contributed by atoms with Gasteiger partial charge >= 0.3 is 0 Å². The fourth-order valence-electron chi connectivity index (χ4n) is 0.824. The van der Waals surface area contributed by atoms with Crippen LogP contribution in [0.25, 0.3) is 0 Å². The van der Waals surface area contributed by atoms with Gasteiger partial charge < -0.3 is 4.74 Å². The summed E-state index contributed by atoms with van der Waals surface area (Å²) in [6.07, 6.45) is 0.975. The smallest absolute Gasteiger partial charge is 0.139 e. The maximum Gasteiger partial charge on any atom is 0.139 e. The molecule has 4 heteroatoms. The quantitative estimate of drug-likeness (QED) is 0.592. The van der Waals surface area contributed by atoms with E-state index in [0.29, 0.717) is 11.6 Å². The second-order valence-electron chi connectivity index (χ2n) is 2.47. The van der Waals surface area contributed by atoms with Crippen LogP contribution < -0.4 is 4.74 Å². The fourth-order valence-corrected chi connectivity index (χ4v) is 1.57. The summed E-state index contributed by atoms with van der Waals surface area (Å²) in [6, 6.07) is 5.57. The van der Waals surface area contributed by atoms with Crippen molar-refractivity contribution in [1.29, 1.82) is 0 Å². The monoisotopic (exact) mass is 326 g/mol. The van der Waals surface area contributed by atoms with Crippen molar-refractivity contribution in [2.75, 3.05) is 11.9 Å². The molecule has 0 aliphatic heterocycles. The van der Waals surface area contributed by atoms with Gasteiger partial charge in [0.1, 0.15) is 5.75 Å². The van der Waals surface area contributed by atoms with Gasteiger partial charge in [-0.3, -0.25) is 0 Å². The van der Waals surface area contributed by atoms with E-state index in [1.807, 2.05) is 18.2 Å². The number of hydrogen-bond acceptors (Lipinski definition) is 1. The predicted octanol–water partition coefficient (Wildman–Crippen LogP) is 4.27. The second-order valence-corrected chi connectivity index (χ2v) is 4.58. The molecule has 0 saturated heterocycles. The van der Waals surface area contributed by atoms with Crippen LogP contribution in [-0.2, 0) is 0 Å². The summed E-state index contributed by atoms with van der Waals surface area (Å²) in [5.41, 5.74) is 0. The zero-order chi connectivity index (χ0) is 9.68. The van der Waals surface area contributed by atoms with E-state index in [-0.39, 0.29) is 0 Å². The minimum absolute atomic E-state index is 0.651. The number of benzene rings is 1. The minimum Gasteiger partial charge on any atom is -0.492 e. The Bertz CT molecular complexity index is 278. The topological polar surface area (TPSA) is 9.23 Å². The van der Waals surface area contributed by atoms with E-state index in [4.69, 9.17) is 16.3 Å². The van der Waals surface area contributed by atoms with Crippen LogP contribution in [0.5, 0.6) is 5.75 Å². The molecule has 1 rings (SSSR count). The zero-order valence-electron chi connectivity index (χ0n) is 6.90. The van der Waals surface area contributed by atoms with Crippen LogP contribution in [0.4, 0.5) is 0 Å². The van der Waals surface area contributed by atoms with Gasteiger partial charge in [0.05, 0.1) is 11.6 Å². The van der Waals surface area contributed by atoms with E-state index >= 15 is 0 Å². The summed E-state index contributed by atoms with van der Waals surface area (Å²) in [4.78, 5) is 0. The molecular formula is C9H9Br2ClO. The molecule has 0 aromatic heterocycles. The zero-order valence-corrected chi connectivity index (χ0v) is 10.8. The summed E-state index contributed by atoms with van der Waals surface area (Å²) >= 11 is 12.6. The second kappa shape index (κ2) is 5.89. The van der Waals surface area contributed by atoms with E-state index in [9.17, 15) is 0 Å². The highest BCUT2D eigenvalue weighted by molar-refractivity contribution is 9.10. The molecule has 0 aliphatic rings. The van der Waals surface area contributed by atoms with Gasteiger partial charge in [0, 0.05) is 9.80 Å². The molecule has 0 spiro atoms. The van der Waals surface area contributed by atoms with Gasteiger partial charge in [-0.2, -0.15) is 0 Å². The molecule has 0 saturated carbocycles. The van der Waals surface area contributed by atoms with Gasteiger partial charge in [0.15, 0.2) is 0 Å². The first kappa shape index (κ1) is 11.3. The summed E-state index contributed by atoms with van der Waals surface area (Å²) in [5.74, 6) is 0.733. The lowest BCUT2D eigenvalue weighted by Gasteiger charge is -2.06. The first-order chi connectivity index (χ1) is 6.24. The Morgan fingerprint density at radius 1 is 1.38 bits per heavy atom. The fraction of sp³-hybridized carbons (Fsp3) is 0.333. The van der Waals surface area contributed by atoms with E-state index in [1.165, 1.54) is 0 Å². The Morgan fingerprint density at radius 3 is 2.85 bits per heavy atom. The van der Waals surface area contributed by atoms with Crippen molar-refractivity contribution < 1.29 is 4.74 Å². The Balaban J connectivity index is 2.59. The van der Waals surface area contributed by atoms with Crippen molar-refractivity contribution >= 4 is 43.5 Å². The lowest BCUT2D eigenvalue weighted by atomic mass is 10.3. The van der Waals surface area contributed by atoms with Gasteiger partial charge in [-0.15, -0.1) is 0 Å². The molecule has 0 fully saturated rings. The maximum atomic E-state index is 5.92.